The summed E-state index contributed by atoms with van der Waals surface area (Å²) in [6, 6.07) is 8.18. The molecule has 2 rings (SSSR count). The van der Waals surface area contributed by atoms with Crippen LogP contribution in [-0.2, 0) is 0 Å². The molecule has 2 atom stereocenters. The highest BCUT2D eigenvalue weighted by Crippen LogP contribution is 2.38. The molecule has 2 heteroatoms. The summed E-state index contributed by atoms with van der Waals surface area (Å²) in [6.07, 6.45) is 0.436. The molecular weight excluding hydrogens is 150 g/mol. The van der Waals surface area contributed by atoms with Crippen molar-refractivity contribution in [3.8, 4) is 0 Å². The van der Waals surface area contributed by atoms with Gasteiger partial charge in [0.25, 0.3) is 0 Å². The van der Waals surface area contributed by atoms with Crippen LogP contribution in [0.5, 0.6) is 0 Å². The number of aliphatic hydroxyl groups excluding tert-OH is 1. The van der Waals surface area contributed by atoms with Gasteiger partial charge in [-0.2, -0.15) is 0 Å². The summed E-state index contributed by atoms with van der Waals surface area (Å²) in [5.74, 6) is 0. The van der Waals surface area contributed by atoms with Crippen LogP contribution in [0.25, 0.3) is 0 Å². The molecule has 0 fully saturated rings. The first-order valence-electron chi connectivity index (χ1n) is 4.18. The van der Waals surface area contributed by atoms with Crippen LogP contribution in [0.1, 0.15) is 29.7 Å². The lowest BCUT2D eigenvalue weighted by atomic mass is 10.1. The van der Waals surface area contributed by atoms with Crippen LogP contribution in [0.4, 0.5) is 0 Å². The zero-order chi connectivity index (χ0) is 8.55. The van der Waals surface area contributed by atoms with E-state index in [4.69, 9.17) is 0 Å². The van der Waals surface area contributed by atoms with Crippen LogP contribution in [0, 0.1) is 0 Å². The zero-order valence-electron chi connectivity index (χ0n) is 7.07. The van der Waals surface area contributed by atoms with E-state index in [2.05, 4.69) is 5.32 Å². The first-order valence-corrected chi connectivity index (χ1v) is 4.18. The molecule has 1 aromatic carbocycles. The Morgan fingerprint density at radius 2 is 2.00 bits per heavy atom. The maximum absolute atomic E-state index is 9.62. The van der Waals surface area contributed by atoms with Crippen molar-refractivity contribution in [2.45, 2.75) is 18.6 Å². The number of hydrogen-bond acceptors (Lipinski definition) is 1. The Bertz CT molecular complexity index is 285. The predicted octanol–water partition coefficient (Wildman–Crippen LogP) is 1.40. The highest BCUT2D eigenvalue weighted by Gasteiger charge is 2.28. The molecule has 0 heterocycles. The number of aliphatic hydroxyl groups is 1. The minimum Gasteiger partial charge on any atom is -0.388 e. The molecule has 0 aromatic heterocycles. The van der Waals surface area contributed by atoms with Crippen LogP contribution in [-0.4, -0.2) is 12.2 Å². The van der Waals surface area contributed by atoms with Gasteiger partial charge in [0.1, 0.15) is 0 Å². The molecule has 1 N–H and O–H groups in total. The van der Waals surface area contributed by atoms with Crippen LogP contribution in [0.2, 0.25) is 0 Å². The summed E-state index contributed by atoms with van der Waals surface area (Å²) < 4.78 is 0. The number of hydrogen-bond donors (Lipinski definition) is 1. The van der Waals surface area contributed by atoms with Gasteiger partial charge >= 0.3 is 0 Å². The second-order valence-corrected chi connectivity index (χ2v) is 3.15. The quantitative estimate of drug-likeness (QED) is 0.665. The summed E-state index contributed by atoms with van der Waals surface area (Å²) in [5.41, 5.74) is 2.24. The Hall–Kier alpha value is -0.860. The number of nitrogens with zero attached hydrogens (tertiary/aromatic N) is 1. The van der Waals surface area contributed by atoms with Crippen molar-refractivity contribution in [1.82, 2.24) is 5.32 Å². The summed E-state index contributed by atoms with van der Waals surface area (Å²) in [4.78, 5) is 0. The Balaban J connectivity index is 2.43. The minimum atomic E-state index is -0.310. The smallest absolute Gasteiger partial charge is 0.0812 e. The SMILES string of the molecule is C[N]C1CC(O)c2ccccc21. The van der Waals surface area contributed by atoms with E-state index in [1.165, 1.54) is 5.56 Å². The van der Waals surface area contributed by atoms with Gasteiger partial charge in [-0.3, -0.25) is 0 Å². The van der Waals surface area contributed by atoms with Gasteiger partial charge in [0.2, 0.25) is 0 Å². The third-order valence-corrected chi connectivity index (χ3v) is 2.47. The van der Waals surface area contributed by atoms with Gasteiger partial charge in [-0.1, -0.05) is 24.3 Å². The van der Waals surface area contributed by atoms with Crippen LogP contribution >= 0.6 is 0 Å². The molecule has 2 unspecified atom stereocenters. The van der Waals surface area contributed by atoms with Gasteiger partial charge in [0.05, 0.1) is 12.1 Å². The molecule has 0 spiro atoms. The molecule has 1 aliphatic carbocycles. The highest BCUT2D eigenvalue weighted by atomic mass is 16.3. The summed E-state index contributed by atoms with van der Waals surface area (Å²) in [6.45, 7) is 0. The Morgan fingerprint density at radius 1 is 1.33 bits per heavy atom. The largest absolute Gasteiger partial charge is 0.388 e. The monoisotopic (exact) mass is 162 g/mol. The standard InChI is InChI=1S/C10H12NO/c1-11-9-6-10(12)8-5-3-2-4-7(8)9/h2-5,9-10,12H,6H2,1H3. The first-order chi connectivity index (χ1) is 5.83. The molecule has 0 saturated heterocycles. The van der Waals surface area contributed by atoms with Crippen molar-refractivity contribution < 1.29 is 5.11 Å². The van der Waals surface area contributed by atoms with Gasteiger partial charge in [0, 0.05) is 7.05 Å². The highest BCUT2D eigenvalue weighted by molar-refractivity contribution is 5.36. The Kier molecular flexibility index (Phi) is 1.87. The van der Waals surface area contributed by atoms with Gasteiger partial charge in [-0.15, -0.1) is 0 Å². The van der Waals surface area contributed by atoms with Crippen molar-refractivity contribution in [1.29, 1.82) is 0 Å². The maximum atomic E-state index is 9.62. The van der Waals surface area contributed by atoms with Crippen molar-refractivity contribution in [2.75, 3.05) is 7.05 Å². The van der Waals surface area contributed by atoms with E-state index in [1.807, 2.05) is 24.3 Å². The number of rotatable bonds is 1. The van der Waals surface area contributed by atoms with Gasteiger partial charge in [-0.05, 0) is 17.5 Å². The van der Waals surface area contributed by atoms with E-state index in [0.29, 0.717) is 0 Å². The normalized spacial score (nSPS) is 27.2. The van der Waals surface area contributed by atoms with Crippen molar-refractivity contribution >= 4 is 0 Å². The molecule has 0 bridgehead atoms. The summed E-state index contributed by atoms with van der Waals surface area (Å²) >= 11 is 0. The Morgan fingerprint density at radius 3 is 2.67 bits per heavy atom. The van der Waals surface area contributed by atoms with E-state index >= 15 is 0 Å². The minimum absolute atomic E-state index is 0.205. The molecule has 0 aliphatic heterocycles. The molecular formula is C10H12NO. The van der Waals surface area contributed by atoms with E-state index < -0.39 is 0 Å². The average molecular weight is 162 g/mol. The third-order valence-electron chi connectivity index (χ3n) is 2.47. The second kappa shape index (κ2) is 2.88. The van der Waals surface area contributed by atoms with E-state index in [9.17, 15) is 5.11 Å². The molecule has 0 amide bonds. The molecule has 1 radical (unpaired) electrons. The Labute approximate surface area is 72.2 Å². The van der Waals surface area contributed by atoms with Gasteiger partial charge in [-0.25, -0.2) is 5.32 Å². The summed E-state index contributed by atoms with van der Waals surface area (Å²) in [7, 11) is 1.81. The number of fused-ring (bicyclic) bond motifs is 1. The molecule has 12 heavy (non-hydrogen) atoms. The fourth-order valence-electron chi connectivity index (χ4n) is 1.83. The first kappa shape index (κ1) is 7.77. The lowest BCUT2D eigenvalue weighted by Crippen LogP contribution is -2.05. The van der Waals surface area contributed by atoms with Crippen LogP contribution < -0.4 is 5.32 Å². The molecule has 0 saturated carbocycles. The topological polar surface area (TPSA) is 34.3 Å². The number of benzene rings is 1. The average Bonchev–Trinajstić information content (AvgIpc) is 2.44. The van der Waals surface area contributed by atoms with Crippen LogP contribution in [0.15, 0.2) is 24.3 Å². The van der Waals surface area contributed by atoms with Crippen molar-refractivity contribution in [3.05, 3.63) is 35.4 Å². The predicted molar refractivity (Wildman–Crippen MR) is 46.8 cm³/mol. The fourth-order valence-corrected chi connectivity index (χ4v) is 1.83. The third kappa shape index (κ3) is 1.04. The summed E-state index contributed by atoms with van der Waals surface area (Å²) in [5, 5.41) is 13.8. The fraction of sp³-hybridized carbons (Fsp3) is 0.400. The van der Waals surface area contributed by atoms with E-state index in [-0.39, 0.29) is 12.1 Å². The molecule has 63 valence electrons. The lowest BCUT2D eigenvalue weighted by molar-refractivity contribution is 0.169. The molecule has 1 aliphatic rings. The molecule has 1 aromatic rings. The van der Waals surface area contributed by atoms with E-state index in [1.54, 1.807) is 7.05 Å². The van der Waals surface area contributed by atoms with Crippen molar-refractivity contribution in [2.24, 2.45) is 0 Å². The van der Waals surface area contributed by atoms with Crippen molar-refractivity contribution in [3.63, 3.8) is 0 Å². The molecule has 2 nitrogen and oxygen atoms in total. The second-order valence-electron chi connectivity index (χ2n) is 3.15. The van der Waals surface area contributed by atoms with Gasteiger partial charge in [0.15, 0.2) is 0 Å². The van der Waals surface area contributed by atoms with Crippen LogP contribution in [0.3, 0.4) is 0 Å². The zero-order valence-corrected chi connectivity index (χ0v) is 7.07. The lowest BCUT2D eigenvalue weighted by Gasteiger charge is -2.05. The van der Waals surface area contributed by atoms with Gasteiger partial charge < -0.3 is 5.11 Å². The maximum Gasteiger partial charge on any atom is 0.0812 e. The van der Waals surface area contributed by atoms with E-state index in [0.717, 1.165) is 12.0 Å².